The largest absolute Gasteiger partial charge is 0.550 e. The van der Waals surface area contributed by atoms with Crippen LogP contribution < -0.4 is 10.4 Å². The van der Waals surface area contributed by atoms with Gasteiger partial charge in [-0.3, -0.25) is 4.79 Å². The standard InChI is InChI=1S/C14H13NO4/c16-13(17)9-11(12-7-4-8-19-12)15-14(18)10-5-2-1-3-6-10/h1-8,11H,9H2,(H,15,18)(H,16,17)/p-1/t11-/m0/s1. The number of aliphatic carboxylic acids is 1. The molecule has 2 aromatic rings. The van der Waals surface area contributed by atoms with Crippen LogP contribution in [0, 0.1) is 0 Å². The van der Waals surface area contributed by atoms with Gasteiger partial charge in [-0.1, -0.05) is 18.2 Å². The van der Waals surface area contributed by atoms with Crippen LogP contribution in [0.15, 0.2) is 53.1 Å². The Morgan fingerprint density at radius 3 is 2.47 bits per heavy atom. The molecule has 1 aromatic heterocycles. The average Bonchev–Trinajstić information content (AvgIpc) is 2.92. The van der Waals surface area contributed by atoms with Gasteiger partial charge in [0.1, 0.15) is 5.76 Å². The Bertz CT molecular complexity index is 548. The van der Waals surface area contributed by atoms with Gasteiger partial charge in [0.15, 0.2) is 0 Å². The quantitative estimate of drug-likeness (QED) is 0.863. The van der Waals surface area contributed by atoms with Crippen molar-refractivity contribution in [2.24, 2.45) is 0 Å². The lowest BCUT2D eigenvalue weighted by atomic mass is 10.1. The molecule has 5 nitrogen and oxygen atoms in total. The number of rotatable bonds is 5. The van der Waals surface area contributed by atoms with Crippen molar-refractivity contribution < 1.29 is 19.1 Å². The number of carboxylic acid groups (broad SMARTS) is 1. The maximum absolute atomic E-state index is 12.0. The maximum Gasteiger partial charge on any atom is 0.251 e. The zero-order valence-corrected chi connectivity index (χ0v) is 10.0. The summed E-state index contributed by atoms with van der Waals surface area (Å²) in [5.74, 6) is -1.23. The first-order chi connectivity index (χ1) is 9.16. The fraction of sp³-hybridized carbons (Fsp3) is 0.143. The van der Waals surface area contributed by atoms with Crippen LogP contribution in [0.2, 0.25) is 0 Å². The molecule has 19 heavy (non-hydrogen) atoms. The van der Waals surface area contributed by atoms with Gasteiger partial charge in [-0.2, -0.15) is 0 Å². The van der Waals surface area contributed by atoms with E-state index in [1.165, 1.54) is 6.26 Å². The number of furan rings is 1. The second-order valence-electron chi connectivity index (χ2n) is 3.98. The molecule has 0 aliphatic rings. The van der Waals surface area contributed by atoms with Crippen molar-refractivity contribution in [1.82, 2.24) is 5.32 Å². The van der Waals surface area contributed by atoms with Gasteiger partial charge in [0.25, 0.3) is 5.91 Å². The van der Waals surface area contributed by atoms with E-state index in [9.17, 15) is 14.7 Å². The third kappa shape index (κ3) is 3.45. The van der Waals surface area contributed by atoms with Gasteiger partial charge < -0.3 is 19.6 Å². The summed E-state index contributed by atoms with van der Waals surface area (Å²) in [7, 11) is 0. The molecule has 0 fully saturated rings. The van der Waals surface area contributed by atoms with Gasteiger partial charge in [-0.25, -0.2) is 0 Å². The highest BCUT2D eigenvalue weighted by atomic mass is 16.4. The van der Waals surface area contributed by atoms with Crippen LogP contribution in [0.5, 0.6) is 0 Å². The minimum absolute atomic E-state index is 0.341. The van der Waals surface area contributed by atoms with E-state index < -0.39 is 12.0 Å². The highest BCUT2D eigenvalue weighted by Gasteiger charge is 2.18. The number of carbonyl (C=O) groups excluding carboxylic acids is 2. The number of benzene rings is 1. The van der Waals surface area contributed by atoms with Crippen LogP contribution in [0.4, 0.5) is 0 Å². The SMILES string of the molecule is O=C([O-])C[C@H](NC(=O)c1ccccc1)c1ccco1. The number of hydrogen-bond acceptors (Lipinski definition) is 4. The van der Waals surface area contributed by atoms with E-state index in [1.807, 2.05) is 0 Å². The fourth-order valence-electron chi connectivity index (χ4n) is 1.71. The van der Waals surface area contributed by atoms with Crippen molar-refractivity contribution in [3.8, 4) is 0 Å². The van der Waals surface area contributed by atoms with Crippen molar-refractivity contribution in [3.63, 3.8) is 0 Å². The lowest BCUT2D eigenvalue weighted by Gasteiger charge is -2.17. The Morgan fingerprint density at radius 1 is 1.16 bits per heavy atom. The Morgan fingerprint density at radius 2 is 1.89 bits per heavy atom. The van der Waals surface area contributed by atoms with Crippen molar-refractivity contribution in [2.45, 2.75) is 12.5 Å². The van der Waals surface area contributed by atoms with Crippen LogP contribution in [-0.2, 0) is 4.79 Å². The Balaban J connectivity index is 2.12. The number of carboxylic acids is 1. The molecule has 0 unspecified atom stereocenters. The minimum atomic E-state index is -1.25. The molecule has 0 aliphatic carbocycles. The molecule has 0 aliphatic heterocycles. The maximum atomic E-state index is 12.0. The molecule has 98 valence electrons. The van der Waals surface area contributed by atoms with Crippen LogP contribution in [0.25, 0.3) is 0 Å². The van der Waals surface area contributed by atoms with E-state index in [0.717, 1.165) is 0 Å². The highest BCUT2D eigenvalue weighted by Crippen LogP contribution is 2.17. The van der Waals surface area contributed by atoms with Crippen molar-refractivity contribution >= 4 is 11.9 Å². The first kappa shape index (κ1) is 12.9. The summed E-state index contributed by atoms with van der Waals surface area (Å²) >= 11 is 0. The molecule has 0 spiro atoms. The molecule has 0 bridgehead atoms. The number of carbonyl (C=O) groups is 2. The zero-order valence-electron chi connectivity index (χ0n) is 10.0. The summed E-state index contributed by atoms with van der Waals surface area (Å²) in [5, 5.41) is 13.3. The summed E-state index contributed by atoms with van der Waals surface area (Å²) in [6.07, 6.45) is 1.08. The second kappa shape index (κ2) is 5.86. The van der Waals surface area contributed by atoms with Crippen LogP contribution in [-0.4, -0.2) is 11.9 Å². The normalized spacial score (nSPS) is 11.8. The van der Waals surface area contributed by atoms with Crippen LogP contribution in [0.3, 0.4) is 0 Å². The molecular weight excluding hydrogens is 246 g/mol. The monoisotopic (exact) mass is 258 g/mol. The molecule has 0 saturated heterocycles. The first-order valence-corrected chi connectivity index (χ1v) is 5.76. The fourth-order valence-corrected chi connectivity index (χ4v) is 1.71. The van der Waals surface area contributed by atoms with E-state index in [2.05, 4.69) is 5.32 Å². The summed E-state index contributed by atoms with van der Waals surface area (Å²) < 4.78 is 5.13. The van der Waals surface area contributed by atoms with Gasteiger partial charge in [-0.05, 0) is 24.3 Å². The van der Waals surface area contributed by atoms with E-state index >= 15 is 0 Å². The lowest BCUT2D eigenvalue weighted by molar-refractivity contribution is -0.306. The van der Waals surface area contributed by atoms with Gasteiger partial charge in [-0.15, -0.1) is 0 Å². The molecule has 1 aromatic carbocycles. The van der Waals surface area contributed by atoms with Crippen LogP contribution in [0.1, 0.15) is 28.6 Å². The Labute approximate surface area is 109 Å². The number of hydrogen-bond donors (Lipinski definition) is 1. The zero-order chi connectivity index (χ0) is 13.7. The topological polar surface area (TPSA) is 82.4 Å². The van der Waals surface area contributed by atoms with E-state index in [1.54, 1.807) is 42.5 Å². The van der Waals surface area contributed by atoms with Crippen LogP contribution >= 0.6 is 0 Å². The van der Waals surface area contributed by atoms with Gasteiger partial charge in [0, 0.05) is 18.0 Å². The molecule has 0 radical (unpaired) electrons. The molecule has 1 N–H and O–H groups in total. The molecule has 1 atom stereocenters. The van der Waals surface area contributed by atoms with Gasteiger partial charge >= 0.3 is 0 Å². The van der Waals surface area contributed by atoms with Gasteiger partial charge in [0.05, 0.1) is 12.3 Å². The minimum Gasteiger partial charge on any atom is -0.550 e. The van der Waals surface area contributed by atoms with Crippen molar-refractivity contribution in [2.75, 3.05) is 0 Å². The molecular formula is C14H12NO4-. The average molecular weight is 258 g/mol. The number of nitrogens with one attached hydrogen (secondary N) is 1. The molecule has 1 heterocycles. The van der Waals surface area contributed by atoms with E-state index in [-0.39, 0.29) is 12.3 Å². The van der Waals surface area contributed by atoms with Crippen molar-refractivity contribution in [3.05, 3.63) is 60.1 Å². The Kier molecular flexibility index (Phi) is 3.97. The first-order valence-electron chi connectivity index (χ1n) is 5.76. The summed E-state index contributed by atoms with van der Waals surface area (Å²) in [5.41, 5.74) is 0.456. The predicted molar refractivity (Wildman–Crippen MR) is 65.0 cm³/mol. The third-order valence-corrected chi connectivity index (χ3v) is 2.60. The summed E-state index contributed by atoms with van der Waals surface area (Å²) in [4.78, 5) is 22.7. The predicted octanol–water partition coefficient (Wildman–Crippen LogP) is 0.891. The van der Waals surface area contributed by atoms with E-state index in [4.69, 9.17) is 4.42 Å². The summed E-state index contributed by atoms with van der Waals surface area (Å²) in [6.45, 7) is 0. The smallest absolute Gasteiger partial charge is 0.251 e. The lowest BCUT2D eigenvalue weighted by Crippen LogP contribution is -2.34. The Hall–Kier alpha value is -2.56. The van der Waals surface area contributed by atoms with E-state index in [0.29, 0.717) is 11.3 Å². The third-order valence-electron chi connectivity index (χ3n) is 2.60. The second-order valence-corrected chi connectivity index (χ2v) is 3.98. The van der Waals surface area contributed by atoms with Gasteiger partial charge in [0.2, 0.25) is 0 Å². The molecule has 1 amide bonds. The molecule has 5 heteroatoms. The molecule has 2 rings (SSSR count). The highest BCUT2D eigenvalue weighted by molar-refractivity contribution is 5.94. The van der Waals surface area contributed by atoms with Crippen molar-refractivity contribution in [1.29, 1.82) is 0 Å². The number of amides is 1. The summed E-state index contributed by atoms with van der Waals surface area (Å²) in [6, 6.07) is 11.0. The molecule has 0 saturated carbocycles.